The van der Waals surface area contributed by atoms with Crippen molar-refractivity contribution in [1.29, 1.82) is 0 Å². The van der Waals surface area contributed by atoms with Gasteiger partial charge in [0.15, 0.2) is 0 Å². The number of nitrogens with one attached hydrogen (secondary N) is 1. The Morgan fingerprint density at radius 3 is 2.27 bits per heavy atom. The number of rotatable bonds is 8. The van der Waals surface area contributed by atoms with Crippen LogP contribution in [0.4, 0.5) is 0 Å². The summed E-state index contributed by atoms with van der Waals surface area (Å²) in [6.07, 6.45) is 1.80. The van der Waals surface area contributed by atoms with Gasteiger partial charge in [-0.05, 0) is 17.5 Å². The summed E-state index contributed by atoms with van der Waals surface area (Å²) in [6, 6.07) is 19.3. The van der Waals surface area contributed by atoms with Gasteiger partial charge in [-0.15, -0.1) is 5.10 Å². The smallest absolute Gasteiger partial charge is 0.223 e. The zero-order valence-corrected chi connectivity index (χ0v) is 21.7. The fraction of sp³-hybridized carbons (Fsp3) is 0.385. The molecule has 37 heavy (non-hydrogen) atoms. The highest BCUT2D eigenvalue weighted by Crippen LogP contribution is 2.19. The van der Waals surface area contributed by atoms with Gasteiger partial charge in [-0.1, -0.05) is 65.9 Å². The SMILES string of the molecule is CS(=O)(=O)N1CCCN(C(=O)CCC(=O)NCc2ccccc2)Cc2nnn(Cc3ccccc3)c2C1. The molecule has 2 heterocycles. The molecular weight excluding hydrogens is 492 g/mol. The van der Waals surface area contributed by atoms with Gasteiger partial charge in [0.2, 0.25) is 21.8 Å². The number of fused-ring (bicyclic) bond motifs is 1. The van der Waals surface area contributed by atoms with Gasteiger partial charge in [-0.3, -0.25) is 9.59 Å². The molecule has 2 aromatic carbocycles. The molecule has 0 unspecified atom stereocenters. The number of nitrogens with zero attached hydrogens (tertiary/aromatic N) is 5. The third-order valence-corrected chi connectivity index (χ3v) is 7.57. The van der Waals surface area contributed by atoms with E-state index >= 15 is 0 Å². The summed E-state index contributed by atoms with van der Waals surface area (Å²) < 4.78 is 28.1. The van der Waals surface area contributed by atoms with Crippen molar-refractivity contribution in [2.45, 2.75) is 45.4 Å². The van der Waals surface area contributed by atoms with E-state index in [4.69, 9.17) is 0 Å². The van der Waals surface area contributed by atoms with E-state index in [0.717, 1.165) is 11.1 Å². The molecule has 3 aromatic rings. The molecule has 0 spiro atoms. The van der Waals surface area contributed by atoms with Gasteiger partial charge < -0.3 is 10.2 Å². The summed E-state index contributed by atoms with van der Waals surface area (Å²) in [5.41, 5.74) is 3.22. The zero-order chi connectivity index (χ0) is 26.3. The number of carbonyl (C=O) groups is 2. The molecule has 0 atom stereocenters. The van der Waals surface area contributed by atoms with Crippen molar-refractivity contribution < 1.29 is 18.0 Å². The Bertz CT molecular complexity index is 1310. The predicted octanol–water partition coefficient (Wildman–Crippen LogP) is 1.92. The van der Waals surface area contributed by atoms with Gasteiger partial charge >= 0.3 is 0 Å². The molecule has 0 aliphatic carbocycles. The van der Waals surface area contributed by atoms with Crippen LogP contribution in [0.15, 0.2) is 60.7 Å². The Morgan fingerprint density at radius 1 is 0.919 bits per heavy atom. The molecule has 0 saturated heterocycles. The molecule has 1 aliphatic rings. The van der Waals surface area contributed by atoms with E-state index in [1.165, 1.54) is 10.6 Å². The van der Waals surface area contributed by atoms with Crippen LogP contribution in [0.3, 0.4) is 0 Å². The van der Waals surface area contributed by atoms with Crippen LogP contribution in [-0.4, -0.2) is 63.8 Å². The number of hydrogen-bond donors (Lipinski definition) is 1. The van der Waals surface area contributed by atoms with E-state index in [1.54, 1.807) is 9.58 Å². The summed E-state index contributed by atoms with van der Waals surface area (Å²) in [5, 5.41) is 11.5. The number of carbonyl (C=O) groups excluding carboxylic acids is 2. The van der Waals surface area contributed by atoms with Gasteiger partial charge in [0.1, 0.15) is 5.69 Å². The van der Waals surface area contributed by atoms with E-state index in [1.807, 2.05) is 60.7 Å². The molecule has 0 saturated carbocycles. The lowest BCUT2D eigenvalue weighted by Gasteiger charge is -2.22. The van der Waals surface area contributed by atoms with Crippen LogP contribution >= 0.6 is 0 Å². The first kappa shape index (κ1) is 26.5. The van der Waals surface area contributed by atoms with Crippen LogP contribution in [0, 0.1) is 0 Å². The topological polar surface area (TPSA) is 118 Å². The van der Waals surface area contributed by atoms with Crippen molar-refractivity contribution in [3.63, 3.8) is 0 Å². The number of hydrogen-bond acceptors (Lipinski definition) is 6. The molecule has 10 nitrogen and oxygen atoms in total. The second-order valence-electron chi connectivity index (χ2n) is 9.15. The predicted molar refractivity (Wildman–Crippen MR) is 138 cm³/mol. The Balaban J connectivity index is 1.45. The van der Waals surface area contributed by atoms with E-state index < -0.39 is 10.0 Å². The fourth-order valence-corrected chi connectivity index (χ4v) is 5.07. The quantitative estimate of drug-likeness (QED) is 0.481. The van der Waals surface area contributed by atoms with E-state index in [2.05, 4.69) is 15.6 Å². The molecule has 1 N–H and O–H groups in total. The van der Waals surface area contributed by atoms with Crippen LogP contribution in [0.2, 0.25) is 0 Å². The third-order valence-electron chi connectivity index (χ3n) is 6.32. The van der Waals surface area contributed by atoms with Gasteiger partial charge in [-0.2, -0.15) is 4.31 Å². The molecule has 11 heteroatoms. The Kier molecular flexibility index (Phi) is 8.67. The molecule has 0 fully saturated rings. The van der Waals surface area contributed by atoms with Crippen LogP contribution < -0.4 is 5.32 Å². The maximum absolute atomic E-state index is 13.1. The maximum Gasteiger partial charge on any atom is 0.223 e. The minimum absolute atomic E-state index is 0.0594. The molecule has 4 rings (SSSR count). The first-order valence-corrected chi connectivity index (χ1v) is 14.1. The van der Waals surface area contributed by atoms with Gasteiger partial charge in [-0.25, -0.2) is 13.1 Å². The average Bonchev–Trinajstić information content (AvgIpc) is 3.29. The van der Waals surface area contributed by atoms with Gasteiger partial charge in [0.05, 0.1) is 31.6 Å². The summed E-state index contributed by atoms with van der Waals surface area (Å²) >= 11 is 0. The standard InChI is InChI=1S/C26H32N6O4S/c1-37(35,36)31-16-8-15-30(26(34)14-13-25(33)27-17-21-9-4-2-5-10-21)19-23-24(20-31)32(29-28-23)18-22-11-6-3-7-12-22/h2-7,9-12H,8,13-20H2,1H3,(H,27,33). The molecule has 2 amide bonds. The maximum atomic E-state index is 13.1. The lowest BCUT2D eigenvalue weighted by atomic mass is 10.2. The molecule has 0 bridgehead atoms. The lowest BCUT2D eigenvalue weighted by Crippen LogP contribution is -2.34. The van der Waals surface area contributed by atoms with E-state index in [9.17, 15) is 18.0 Å². The molecule has 1 aliphatic heterocycles. The van der Waals surface area contributed by atoms with Crippen molar-refractivity contribution in [1.82, 2.24) is 29.5 Å². The summed E-state index contributed by atoms with van der Waals surface area (Å²) in [7, 11) is -3.47. The molecule has 0 radical (unpaired) electrons. The first-order valence-electron chi connectivity index (χ1n) is 12.3. The Labute approximate surface area is 217 Å². The van der Waals surface area contributed by atoms with Crippen LogP contribution in [-0.2, 0) is 45.8 Å². The number of benzene rings is 2. The molecule has 1 aromatic heterocycles. The largest absolute Gasteiger partial charge is 0.352 e. The summed E-state index contributed by atoms with van der Waals surface area (Å²) in [4.78, 5) is 27.1. The van der Waals surface area contributed by atoms with E-state index in [0.29, 0.717) is 37.4 Å². The highest BCUT2D eigenvalue weighted by Gasteiger charge is 2.27. The summed E-state index contributed by atoms with van der Waals surface area (Å²) in [5.74, 6) is -0.370. The highest BCUT2D eigenvalue weighted by atomic mass is 32.2. The Hall–Kier alpha value is -3.57. The number of aromatic nitrogens is 3. The van der Waals surface area contributed by atoms with E-state index in [-0.39, 0.29) is 44.3 Å². The second kappa shape index (κ2) is 12.1. The monoisotopic (exact) mass is 524 g/mol. The first-order chi connectivity index (χ1) is 17.8. The minimum Gasteiger partial charge on any atom is -0.352 e. The van der Waals surface area contributed by atoms with Gasteiger partial charge in [0, 0.05) is 32.5 Å². The average molecular weight is 525 g/mol. The minimum atomic E-state index is -3.47. The molecular formula is C26H32N6O4S. The van der Waals surface area contributed by atoms with Crippen molar-refractivity contribution in [2.24, 2.45) is 0 Å². The number of sulfonamides is 1. The number of amides is 2. The van der Waals surface area contributed by atoms with Crippen LogP contribution in [0.1, 0.15) is 41.8 Å². The Morgan fingerprint density at radius 2 is 1.59 bits per heavy atom. The lowest BCUT2D eigenvalue weighted by molar-refractivity contribution is -0.134. The summed E-state index contributed by atoms with van der Waals surface area (Å²) in [6.45, 7) is 1.84. The fourth-order valence-electron chi connectivity index (χ4n) is 4.25. The van der Waals surface area contributed by atoms with Crippen molar-refractivity contribution >= 4 is 21.8 Å². The van der Waals surface area contributed by atoms with Crippen molar-refractivity contribution in [3.8, 4) is 0 Å². The normalized spacial score (nSPS) is 14.8. The van der Waals surface area contributed by atoms with Crippen molar-refractivity contribution in [3.05, 3.63) is 83.2 Å². The molecule has 196 valence electrons. The second-order valence-corrected chi connectivity index (χ2v) is 11.1. The zero-order valence-electron chi connectivity index (χ0n) is 20.9. The third kappa shape index (κ3) is 7.46. The highest BCUT2D eigenvalue weighted by molar-refractivity contribution is 7.88. The van der Waals surface area contributed by atoms with Gasteiger partial charge in [0.25, 0.3) is 0 Å². The van der Waals surface area contributed by atoms with Crippen molar-refractivity contribution in [2.75, 3.05) is 19.3 Å². The van der Waals surface area contributed by atoms with Crippen LogP contribution in [0.25, 0.3) is 0 Å². The van der Waals surface area contributed by atoms with Crippen LogP contribution in [0.5, 0.6) is 0 Å².